The van der Waals surface area contributed by atoms with Crippen molar-refractivity contribution in [3.05, 3.63) is 0 Å². The molecule has 0 amide bonds. The third-order valence-corrected chi connectivity index (χ3v) is 5.15. The Balaban J connectivity index is 1.90. The Morgan fingerprint density at radius 2 is 2.19 bits per heavy atom. The van der Waals surface area contributed by atoms with Gasteiger partial charge in [-0.25, -0.2) is 0 Å². The maximum Gasteiger partial charge on any atom is 0.0547 e. The first-order valence-electron chi connectivity index (χ1n) is 9.18. The molecule has 0 aliphatic carbocycles. The van der Waals surface area contributed by atoms with E-state index in [-0.39, 0.29) is 0 Å². The maximum atomic E-state index is 5.79. The molecule has 0 spiro atoms. The molecule has 2 aliphatic heterocycles. The largest absolute Gasteiger partial charge is 0.381 e. The minimum atomic E-state index is 0.359. The summed E-state index contributed by atoms with van der Waals surface area (Å²) in [4.78, 5) is 2.79. The van der Waals surface area contributed by atoms with E-state index in [9.17, 15) is 0 Å². The Kier molecular flexibility index (Phi) is 6.97. The molecule has 3 heteroatoms. The van der Waals surface area contributed by atoms with Crippen LogP contribution in [0.5, 0.6) is 0 Å². The maximum absolute atomic E-state index is 5.79. The lowest BCUT2D eigenvalue weighted by Gasteiger charge is -2.41. The van der Waals surface area contributed by atoms with Gasteiger partial charge in [0.05, 0.1) is 6.61 Å². The molecule has 2 unspecified atom stereocenters. The molecule has 0 saturated carbocycles. The molecule has 3 nitrogen and oxygen atoms in total. The van der Waals surface area contributed by atoms with E-state index in [0.717, 1.165) is 38.3 Å². The molecular formula is C18H36N2O. The molecule has 0 aromatic heterocycles. The second-order valence-corrected chi connectivity index (χ2v) is 7.74. The van der Waals surface area contributed by atoms with Gasteiger partial charge in [0.15, 0.2) is 0 Å². The van der Waals surface area contributed by atoms with Gasteiger partial charge in [-0.3, -0.25) is 4.90 Å². The number of nitrogens with one attached hydrogen (secondary N) is 1. The van der Waals surface area contributed by atoms with Crippen LogP contribution in [0.4, 0.5) is 0 Å². The van der Waals surface area contributed by atoms with Crippen LogP contribution in [0.25, 0.3) is 0 Å². The van der Waals surface area contributed by atoms with Crippen LogP contribution in [0.3, 0.4) is 0 Å². The van der Waals surface area contributed by atoms with Crippen LogP contribution in [0, 0.1) is 11.3 Å². The summed E-state index contributed by atoms with van der Waals surface area (Å²) < 4.78 is 5.79. The predicted octanol–water partition coefficient (Wildman–Crippen LogP) is 3.29. The minimum absolute atomic E-state index is 0.359. The van der Waals surface area contributed by atoms with Crippen molar-refractivity contribution < 1.29 is 4.74 Å². The molecular weight excluding hydrogens is 260 g/mol. The highest BCUT2D eigenvalue weighted by Crippen LogP contribution is 2.32. The minimum Gasteiger partial charge on any atom is -0.381 e. The smallest absolute Gasteiger partial charge is 0.0547 e. The zero-order chi connectivity index (χ0) is 15.1. The second kappa shape index (κ2) is 8.50. The van der Waals surface area contributed by atoms with Crippen molar-refractivity contribution in [2.75, 3.05) is 39.4 Å². The third-order valence-electron chi connectivity index (χ3n) is 5.15. The van der Waals surface area contributed by atoms with Crippen LogP contribution in [0.2, 0.25) is 0 Å². The Labute approximate surface area is 131 Å². The van der Waals surface area contributed by atoms with E-state index in [1.807, 2.05) is 0 Å². The number of piperidine rings is 1. The van der Waals surface area contributed by atoms with Gasteiger partial charge >= 0.3 is 0 Å². The summed E-state index contributed by atoms with van der Waals surface area (Å²) in [5.41, 5.74) is 0.359. The first kappa shape index (κ1) is 17.2. The first-order valence-corrected chi connectivity index (χ1v) is 9.18. The molecule has 21 heavy (non-hydrogen) atoms. The van der Waals surface area contributed by atoms with Crippen molar-refractivity contribution in [2.45, 2.75) is 65.3 Å². The van der Waals surface area contributed by atoms with Crippen LogP contribution >= 0.6 is 0 Å². The summed E-state index contributed by atoms with van der Waals surface area (Å²) in [5, 5.41) is 3.70. The van der Waals surface area contributed by atoms with Crippen LogP contribution in [0.15, 0.2) is 0 Å². The van der Waals surface area contributed by atoms with Gasteiger partial charge < -0.3 is 10.1 Å². The number of nitrogens with zero attached hydrogens (tertiary/aromatic N) is 1. The van der Waals surface area contributed by atoms with Crippen LogP contribution in [-0.2, 0) is 4.74 Å². The molecule has 2 atom stereocenters. The molecule has 2 saturated heterocycles. The summed E-state index contributed by atoms with van der Waals surface area (Å²) in [6.07, 6.45) is 8.14. The number of likely N-dealkylation sites (tertiary alicyclic amines) is 1. The van der Waals surface area contributed by atoms with Crippen molar-refractivity contribution in [1.29, 1.82) is 0 Å². The molecule has 0 aromatic rings. The summed E-state index contributed by atoms with van der Waals surface area (Å²) in [5.74, 6) is 0.729. The van der Waals surface area contributed by atoms with Crippen molar-refractivity contribution in [3.63, 3.8) is 0 Å². The number of hydrogen-bond donors (Lipinski definition) is 1. The highest BCUT2D eigenvalue weighted by Gasteiger charge is 2.38. The Morgan fingerprint density at radius 1 is 1.33 bits per heavy atom. The van der Waals surface area contributed by atoms with Crippen molar-refractivity contribution in [2.24, 2.45) is 11.3 Å². The summed E-state index contributed by atoms with van der Waals surface area (Å²) in [7, 11) is 0. The lowest BCUT2D eigenvalue weighted by atomic mass is 9.84. The summed E-state index contributed by atoms with van der Waals surface area (Å²) in [6, 6.07) is 0.825. The van der Waals surface area contributed by atoms with Crippen molar-refractivity contribution in [3.8, 4) is 0 Å². The molecule has 1 N–H and O–H groups in total. The average molecular weight is 296 g/mol. The van der Waals surface area contributed by atoms with Gasteiger partial charge in [-0.15, -0.1) is 0 Å². The van der Waals surface area contributed by atoms with E-state index < -0.39 is 0 Å². The van der Waals surface area contributed by atoms with E-state index in [2.05, 4.69) is 31.0 Å². The number of hydrogen-bond acceptors (Lipinski definition) is 3. The molecule has 0 aromatic carbocycles. The summed E-state index contributed by atoms with van der Waals surface area (Å²) >= 11 is 0. The number of ether oxygens (including phenoxy) is 1. The molecule has 0 radical (unpaired) electrons. The fraction of sp³-hybridized carbons (Fsp3) is 1.00. The molecule has 2 rings (SSSR count). The van der Waals surface area contributed by atoms with Crippen LogP contribution in [-0.4, -0.2) is 50.3 Å². The second-order valence-electron chi connectivity index (χ2n) is 7.74. The Hall–Kier alpha value is -0.120. The average Bonchev–Trinajstić information content (AvgIpc) is 2.90. The zero-order valence-electron chi connectivity index (χ0n) is 14.5. The molecule has 2 fully saturated rings. The third kappa shape index (κ3) is 5.22. The highest BCUT2D eigenvalue weighted by molar-refractivity contribution is 4.91. The van der Waals surface area contributed by atoms with Crippen molar-refractivity contribution in [1.82, 2.24) is 10.2 Å². The Morgan fingerprint density at radius 3 is 2.86 bits per heavy atom. The Bertz CT molecular complexity index is 285. The standard InChI is InChI=1S/C18H36N2O/c1-4-7-17-8-5-6-10-20(17)14-18(9-11-21-15-18)13-19-12-16(2)3/h16-17,19H,4-15H2,1-3H3. The molecule has 2 aliphatic rings. The van der Waals surface area contributed by atoms with E-state index in [1.165, 1.54) is 51.6 Å². The van der Waals surface area contributed by atoms with Gasteiger partial charge in [-0.1, -0.05) is 33.6 Å². The van der Waals surface area contributed by atoms with E-state index in [0.29, 0.717) is 5.41 Å². The van der Waals surface area contributed by atoms with Gasteiger partial charge in [-0.2, -0.15) is 0 Å². The van der Waals surface area contributed by atoms with Gasteiger partial charge in [0.25, 0.3) is 0 Å². The normalized spacial score (nSPS) is 31.1. The number of rotatable bonds is 8. The fourth-order valence-electron chi connectivity index (χ4n) is 3.95. The predicted molar refractivity (Wildman–Crippen MR) is 89.7 cm³/mol. The summed E-state index contributed by atoms with van der Waals surface area (Å²) in [6.45, 7) is 13.6. The van der Waals surface area contributed by atoms with E-state index in [1.54, 1.807) is 0 Å². The first-order chi connectivity index (χ1) is 10.2. The van der Waals surface area contributed by atoms with Gasteiger partial charge in [-0.05, 0) is 44.7 Å². The van der Waals surface area contributed by atoms with E-state index in [4.69, 9.17) is 4.74 Å². The lowest BCUT2D eigenvalue weighted by molar-refractivity contribution is 0.0618. The van der Waals surface area contributed by atoms with Gasteiger partial charge in [0.1, 0.15) is 0 Å². The molecule has 124 valence electrons. The van der Waals surface area contributed by atoms with E-state index >= 15 is 0 Å². The zero-order valence-corrected chi connectivity index (χ0v) is 14.5. The monoisotopic (exact) mass is 296 g/mol. The highest BCUT2D eigenvalue weighted by atomic mass is 16.5. The lowest BCUT2D eigenvalue weighted by Crippen LogP contribution is -2.50. The molecule has 0 bridgehead atoms. The van der Waals surface area contributed by atoms with Crippen LogP contribution < -0.4 is 5.32 Å². The van der Waals surface area contributed by atoms with Crippen molar-refractivity contribution >= 4 is 0 Å². The van der Waals surface area contributed by atoms with Crippen LogP contribution in [0.1, 0.15) is 59.3 Å². The quantitative estimate of drug-likeness (QED) is 0.744. The topological polar surface area (TPSA) is 24.5 Å². The molecule has 2 heterocycles. The fourth-order valence-corrected chi connectivity index (χ4v) is 3.95. The van der Waals surface area contributed by atoms with Gasteiger partial charge in [0, 0.05) is 31.2 Å². The SMILES string of the molecule is CCCC1CCCCN1CC1(CNCC(C)C)CCOC1. The van der Waals surface area contributed by atoms with Gasteiger partial charge in [0.2, 0.25) is 0 Å².